The largest absolute Gasteiger partial charge is 0.349 e. The average Bonchev–Trinajstić information content (AvgIpc) is 3.30. The van der Waals surface area contributed by atoms with Crippen LogP contribution in [0.2, 0.25) is 0 Å². The molecule has 0 aliphatic carbocycles. The van der Waals surface area contributed by atoms with Gasteiger partial charge in [-0.2, -0.15) is 5.10 Å². The summed E-state index contributed by atoms with van der Waals surface area (Å²) in [6.45, 7) is 9.25. The second-order valence-electron chi connectivity index (χ2n) is 7.89. The van der Waals surface area contributed by atoms with Crippen LogP contribution in [-0.2, 0) is 14.1 Å². The van der Waals surface area contributed by atoms with Crippen LogP contribution in [-0.4, -0.2) is 32.8 Å². The third kappa shape index (κ3) is 3.86. The molecule has 2 heterocycles. The van der Waals surface area contributed by atoms with Crippen LogP contribution in [0, 0.1) is 12.4 Å². The Balaban J connectivity index is 1.90. The fourth-order valence-corrected chi connectivity index (χ4v) is 3.80. The maximum Gasteiger partial charge on any atom is 0.267 e. The number of nitrogens with zero attached hydrogens (tertiary/aromatic N) is 4. The van der Waals surface area contributed by atoms with Gasteiger partial charge in [0.1, 0.15) is 11.5 Å². The highest BCUT2D eigenvalue weighted by Gasteiger charge is 2.21. The molecule has 7 nitrogen and oxygen atoms in total. The molecule has 1 unspecified atom stereocenters. The smallest absolute Gasteiger partial charge is 0.267 e. The minimum Gasteiger partial charge on any atom is -0.349 e. The summed E-state index contributed by atoms with van der Waals surface area (Å²) in [4.78, 5) is 16.1. The fourth-order valence-electron chi connectivity index (χ4n) is 3.80. The van der Waals surface area contributed by atoms with Gasteiger partial charge in [-0.05, 0) is 42.3 Å². The molecule has 0 saturated heterocycles. The Kier molecular flexibility index (Phi) is 5.51. The van der Waals surface area contributed by atoms with Gasteiger partial charge in [-0.25, -0.2) is 9.24 Å². The molecule has 0 spiro atoms. The van der Waals surface area contributed by atoms with Crippen molar-refractivity contribution in [2.24, 2.45) is 19.8 Å². The van der Waals surface area contributed by atoms with Crippen LogP contribution in [0.5, 0.6) is 0 Å². The first-order valence-electron chi connectivity index (χ1n) is 10.1. The number of aromatic nitrogens is 3. The quantitative estimate of drug-likeness (QED) is 0.469. The number of rotatable bonds is 5. The van der Waals surface area contributed by atoms with E-state index < -0.39 is 5.82 Å². The van der Waals surface area contributed by atoms with Gasteiger partial charge in [0.25, 0.3) is 5.91 Å². The predicted octanol–water partition coefficient (Wildman–Crippen LogP) is 4.01. The van der Waals surface area contributed by atoms with Crippen molar-refractivity contribution in [1.82, 2.24) is 19.7 Å². The van der Waals surface area contributed by atoms with Crippen molar-refractivity contribution in [2.45, 2.75) is 13.0 Å². The van der Waals surface area contributed by atoms with Crippen LogP contribution in [0.4, 0.5) is 10.1 Å². The number of hydrogen-bond acceptors (Lipinski definition) is 3. The van der Waals surface area contributed by atoms with Crippen LogP contribution in [0.3, 0.4) is 0 Å². The van der Waals surface area contributed by atoms with Crippen molar-refractivity contribution < 1.29 is 9.18 Å². The molecule has 2 aromatic carbocycles. The molecule has 4 rings (SSSR count). The van der Waals surface area contributed by atoms with E-state index in [-0.39, 0.29) is 17.6 Å². The standard InChI is InChI=1S/C24H23FN6O/c1-14(26)12-28-24(32)22-11-18(15-5-8-21(27-2)19(25)10-15)23(31(22)4)16-6-7-20-17(9-16)13-30(3)29-20/h5-11,13-14H,12,26H2,1,3-4H3,(H,28,32). The van der Waals surface area contributed by atoms with E-state index in [0.29, 0.717) is 23.4 Å². The molecule has 32 heavy (non-hydrogen) atoms. The lowest BCUT2D eigenvalue weighted by molar-refractivity contribution is 0.0944. The summed E-state index contributed by atoms with van der Waals surface area (Å²) >= 11 is 0. The van der Waals surface area contributed by atoms with Gasteiger partial charge in [0, 0.05) is 43.8 Å². The number of halogens is 1. The zero-order valence-corrected chi connectivity index (χ0v) is 18.1. The maximum absolute atomic E-state index is 14.4. The number of benzene rings is 2. The number of carbonyl (C=O) groups is 1. The summed E-state index contributed by atoms with van der Waals surface area (Å²) in [5.41, 5.74) is 9.92. The molecular formula is C24H23FN6O. The Morgan fingerprint density at radius 1 is 1.22 bits per heavy atom. The number of hydrogen-bond donors (Lipinski definition) is 2. The van der Waals surface area contributed by atoms with Gasteiger partial charge in [-0.15, -0.1) is 0 Å². The van der Waals surface area contributed by atoms with Gasteiger partial charge in [0.2, 0.25) is 5.69 Å². The topological polar surface area (TPSA) is 82.2 Å². The lowest BCUT2D eigenvalue weighted by Gasteiger charge is -2.11. The Hall–Kier alpha value is -3.96. The first-order chi connectivity index (χ1) is 15.3. The molecule has 0 aliphatic rings. The summed E-state index contributed by atoms with van der Waals surface area (Å²) in [7, 11) is 3.66. The molecule has 1 atom stereocenters. The van der Waals surface area contributed by atoms with Crippen molar-refractivity contribution >= 4 is 22.5 Å². The lowest BCUT2D eigenvalue weighted by atomic mass is 10.00. The number of fused-ring (bicyclic) bond motifs is 1. The van der Waals surface area contributed by atoms with Crippen molar-refractivity contribution in [3.8, 4) is 22.4 Å². The Bertz CT molecular complexity index is 1380. The minimum atomic E-state index is -0.599. The zero-order valence-electron chi connectivity index (χ0n) is 18.1. The van der Waals surface area contributed by atoms with Gasteiger partial charge in [-0.1, -0.05) is 18.2 Å². The van der Waals surface area contributed by atoms with E-state index in [1.807, 2.05) is 38.4 Å². The van der Waals surface area contributed by atoms with E-state index in [0.717, 1.165) is 22.2 Å². The van der Waals surface area contributed by atoms with Gasteiger partial charge >= 0.3 is 0 Å². The highest BCUT2D eigenvalue weighted by molar-refractivity contribution is 5.98. The third-order valence-electron chi connectivity index (χ3n) is 5.32. The van der Waals surface area contributed by atoms with Crippen LogP contribution in [0.25, 0.3) is 38.1 Å². The van der Waals surface area contributed by atoms with Gasteiger partial charge in [-0.3, -0.25) is 9.48 Å². The molecule has 0 fully saturated rings. The summed E-state index contributed by atoms with van der Waals surface area (Å²) in [6, 6.07) is 11.9. The van der Waals surface area contributed by atoms with Crippen molar-refractivity contribution in [3.63, 3.8) is 0 Å². The molecule has 0 bridgehead atoms. The first-order valence-corrected chi connectivity index (χ1v) is 10.1. The molecule has 2 aromatic heterocycles. The molecule has 4 aromatic rings. The van der Waals surface area contributed by atoms with E-state index in [1.54, 1.807) is 28.4 Å². The lowest BCUT2D eigenvalue weighted by Crippen LogP contribution is -2.35. The van der Waals surface area contributed by atoms with E-state index in [1.165, 1.54) is 12.1 Å². The van der Waals surface area contributed by atoms with Crippen LogP contribution in [0.15, 0.2) is 48.7 Å². The predicted molar refractivity (Wildman–Crippen MR) is 123 cm³/mol. The molecule has 3 N–H and O–H groups in total. The number of aryl methyl sites for hydroxylation is 1. The monoisotopic (exact) mass is 430 g/mol. The number of nitrogens with two attached hydrogens (primary N) is 1. The highest BCUT2D eigenvalue weighted by atomic mass is 19.1. The molecule has 0 saturated carbocycles. The molecular weight excluding hydrogens is 407 g/mol. The van der Waals surface area contributed by atoms with Crippen LogP contribution >= 0.6 is 0 Å². The SMILES string of the molecule is [C-]#[N+]c1ccc(-c2cc(C(=O)NCC(C)N)n(C)c2-c2ccc3nn(C)cc3c2)cc1F. The molecule has 162 valence electrons. The van der Waals surface area contributed by atoms with Crippen molar-refractivity contribution in [1.29, 1.82) is 0 Å². The maximum atomic E-state index is 14.4. The number of amides is 1. The molecule has 8 heteroatoms. The van der Waals surface area contributed by atoms with Crippen molar-refractivity contribution in [3.05, 3.63) is 71.6 Å². The highest BCUT2D eigenvalue weighted by Crippen LogP contribution is 2.37. The number of nitrogens with one attached hydrogen (secondary N) is 1. The Morgan fingerprint density at radius 2 is 1.97 bits per heavy atom. The molecule has 1 amide bonds. The zero-order chi connectivity index (χ0) is 23.0. The average molecular weight is 430 g/mol. The second kappa shape index (κ2) is 8.29. The summed E-state index contributed by atoms with van der Waals surface area (Å²) < 4.78 is 18.0. The summed E-state index contributed by atoms with van der Waals surface area (Å²) in [5.74, 6) is -0.865. The Morgan fingerprint density at radius 3 is 2.66 bits per heavy atom. The number of carbonyl (C=O) groups excluding carboxylic acids is 1. The second-order valence-corrected chi connectivity index (χ2v) is 7.89. The van der Waals surface area contributed by atoms with E-state index >= 15 is 0 Å². The Labute approximate surface area is 185 Å². The molecule has 0 aliphatic heterocycles. The van der Waals surface area contributed by atoms with E-state index in [2.05, 4.69) is 15.3 Å². The minimum absolute atomic E-state index is 0.0436. The summed E-state index contributed by atoms with van der Waals surface area (Å²) in [6.07, 6.45) is 1.92. The summed E-state index contributed by atoms with van der Waals surface area (Å²) in [5, 5.41) is 8.20. The van der Waals surface area contributed by atoms with Crippen molar-refractivity contribution in [2.75, 3.05) is 6.54 Å². The van der Waals surface area contributed by atoms with Crippen LogP contribution in [0.1, 0.15) is 17.4 Å². The van der Waals surface area contributed by atoms with Gasteiger partial charge in [0.15, 0.2) is 0 Å². The first kappa shape index (κ1) is 21.3. The van der Waals surface area contributed by atoms with E-state index in [4.69, 9.17) is 12.3 Å². The normalized spacial score (nSPS) is 12.0. The molecule has 0 radical (unpaired) electrons. The fraction of sp³-hybridized carbons (Fsp3) is 0.208. The van der Waals surface area contributed by atoms with E-state index in [9.17, 15) is 9.18 Å². The van der Waals surface area contributed by atoms with Gasteiger partial charge in [0.05, 0.1) is 17.8 Å². The van der Waals surface area contributed by atoms with Gasteiger partial charge < -0.3 is 15.6 Å². The third-order valence-corrected chi connectivity index (χ3v) is 5.32. The van der Waals surface area contributed by atoms with Crippen LogP contribution < -0.4 is 11.1 Å².